The molecule has 0 aromatic heterocycles. The maximum absolute atomic E-state index is 11.3. The average Bonchev–Trinajstić information content (AvgIpc) is 2.00. The number of amides is 1. The molecule has 0 saturated heterocycles. The van der Waals surface area contributed by atoms with E-state index in [0.717, 1.165) is 6.54 Å². The second-order valence-electron chi connectivity index (χ2n) is 4.34. The maximum atomic E-state index is 11.3. The van der Waals surface area contributed by atoms with Crippen molar-refractivity contribution in [3.8, 4) is 0 Å². The Balaban J connectivity index is 3.74. The summed E-state index contributed by atoms with van der Waals surface area (Å²) in [5, 5.41) is 2.85. The zero-order valence-corrected chi connectivity index (χ0v) is 9.31. The highest BCUT2D eigenvalue weighted by atomic mass is 16.5. The quantitative estimate of drug-likeness (QED) is 0.709. The van der Waals surface area contributed by atoms with Crippen LogP contribution in [0.4, 0.5) is 0 Å². The van der Waals surface area contributed by atoms with Gasteiger partial charge < -0.3 is 10.1 Å². The van der Waals surface area contributed by atoms with Crippen LogP contribution in [-0.4, -0.2) is 25.2 Å². The molecule has 0 aliphatic heterocycles. The molecule has 3 nitrogen and oxygen atoms in total. The molecule has 13 heavy (non-hydrogen) atoms. The second-order valence-corrected chi connectivity index (χ2v) is 4.34. The van der Waals surface area contributed by atoms with Gasteiger partial charge in [0.25, 0.3) is 0 Å². The van der Waals surface area contributed by atoms with Crippen molar-refractivity contribution in [1.29, 1.82) is 0 Å². The normalized spacial score (nSPS) is 11.8. The molecule has 0 fully saturated rings. The largest absolute Gasteiger partial charge is 0.378 e. The van der Waals surface area contributed by atoms with Crippen LogP contribution in [0.2, 0.25) is 0 Å². The van der Waals surface area contributed by atoms with Gasteiger partial charge in [0.1, 0.15) is 0 Å². The third kappa shape index (κ3) is 6.58. The minimum Gasteiger partial charge on any atom is -0.378 e. The zero-order chi connectivity index (χ0) is 10.5. The van der Waals surface area contributed by atoms with Crippen LogP contribution in [0.3, 0.4) is 0 Å². The zero-order valence-electron chi connectivity index (χ0n) is 9.31. The monoisotopic (exact) mass is 187 g/mol. The first-order chi connectivity index (χ1) is 5.87. The van der Waals surface area contributed by atoms with Crippen molar-refractivity contribution in [2.75, 3.05) is 13.7 Å². The van der Waals surface area contributed by atoms with E-state index in [1.807, 2.05) is 13.8 Å². The van der Waals surface area contributed by atoms with Crippen LogP contribution < -0.4 is 5.32 Å². The van der Waals surface area contributed by atoms with Gasteiger partial charge in [-0.3, -0.25) is 4.79 Å². The molecule has 0 aromatic carbocycles. The number of hydrogen-bond acceptors (Lipinski definition) is 2. The van der Waals surface area contributed by atoms with Crippen LogP contribution >= 0.6 is 0 Å². The van der Waals surface area contributed by atoms with Gasteiger partial charge in [0.15, 0.2) is 0 Å². The molecule has 0 heterocycles. The molecule has 0 atom stereocenters. The van der Waals surface area contributed by atoms with Gasteiger partial charge in [-0.2, -0.15) is 0 Å². The fourth-order valence-electron chi connectivity index (χ4n) is 0.839. The van der Waals surface area contributed by atoms with E-state index < -0.39 is 0 Å². The Kier molecular flexibility index (Phi) is 4.99. The summed E-state index contributed by atoms with van der Waals surface area (Å²) in [5.41, 5.74) is -0.360. The number of ether oxygens (including phenoxy) is 1. The third-order valence-electron chi connectivity index (χ3n) is 1.85. The van der Waals surface area contributed by atoms with Crippen molar-refractivity contribution in [2.24, 2.45) is 5.92 Å². The van der Waals surface area contributed by atoms with E-state index in [1.54, 1.807) is 7.11 Å². The topological polar surface area (TPSA) is 38.3 Å². The van der Waals surface area contributed by atoms with Crippen molar-refractivity contribution in [3.63, 3.8) is 0 Å². The lowest BCUT2D eigenvalue weighted by Gasteiger charge is -2.22. The summed E-state index contributed by atoms with van der Waals surface area (Å²) in [7, 11) is 1.62. The lowest BCUT2D eigenvalue weighted by molar-refractivity contribution is -0.126. The Hall–Kier alpha value is -0.570. The standard InChI is InChI=1S/C10H21NO2/c1-8(2)7-11-9(12)6-10(3,4)13-5/h8H,6-7H2,1-5H3,(H,11,12). The molecule has 0 aliphatic carbocycles. The Morgan fingerprint density at radius 2 is 2.00 bits per heavy atom. The van der Waals surface area contributed by atoms with E-state index in [0.29, 0.717) is 12.3 Å². The Morgan fingerprint density at radius 3 is 2.38 bits per heavy atom. The van der Waals surface area contributed by atoms with Gasteiger partial charge >= 0.3 is 0 Å². The number of rotatable bonds is 5. The SMILES string of the molecule is COC(C)(C)CC(=O)NCC(C)C. The maximum Gasteiger partial charge on any atom is 0.222 e. The lowest BCUT2D eigenvalue weighted by Crippen LogP contribution is -2.35. The number of hydrogen-bond donors (Lipinski definition) is 1. The molecule has 78 valence electrons. The molecule has 0 aliphatic rings. The van der Waals surface area contributed by atoms with Gasteiger partial charge in [-0.05, 0) is 19.8 Å². The molecule has 0 spiro atoms. The van der Waals surface area contributed by atoms with Crippen LogP contribution in [0.1, 0.15) is 34.1 Å². The highest BCUT2D eigenvalue weighted by Crippen LogP contribution is 2.12. The van der Waals surface area contributed by atoms with Crippen LogP contribution in [0.25, 0.3) is 0 Å². The van der Waals surface area contributed by atoms with Gasteiger partial charge in [0.2, 0.25) is 5.91 Å². The predicted molar refractivity (Wildman–Crippen MR) is 53.6 cm³/mol. The molecule has 0 rings (SSSR count). The molecule has 0 radical (unpaired) electrons. The molecule has 1 amide bonds. The van der Waals surface area contributed by atoms with E-state index in [-0.39, 0.29) is 11.5 Å². The van der Waals surface area contributed by atoms with Crippen molar-refractivity contribution < 1.29 is 9.53 Å². The Labute approximate surface area is 80.8 Å². The van der Waals surface area contributed by atoms with E-state index in [2.05, 4.69) is 19.2 Å². The first-order valence-electron chi connectivity index (χ1n) is 4.69. The van der Waals surface area contributed by atoms with Gasteiger partial charge in [-0.1, -0.05) is 13.8 Å². The van der Waals surface area contributed by atoms with Crippen LogP contribution in [0.15, 0.2) is 0 Å². The summed E-state index contributed by atoms with van der Waals surface area (Å²) in [6.45, 7) is 8.69. The summed E-state index contributed by atoms with van der Waals surface area (Å²) >= 11 is 0. The van der Waals surface area contributed by atoms with Gasteiger partial charge in [0, 0.05) is 13.7 Å². The molecular formula is C10H21NO2. The first-order valence-corrected chi connectivity index (χ1v) is 4.69. The van der Waals surface area contributed by atoms with Crippen molar-refractivity contribution in [2.45, 2.75) is 39.7 Å². The minimum absolute atomic E-state index is 0.0561. The summed E-state index contributed by atoms with van der Waals surface area (Å²) in [6, 6.07) is 0. The highest BCUT2D eigenvalue weighted by Gasteiger charge is 2.20. The number of methoxy groups -OCH3 is 1. The number of carbonyl (C=O) groups is 1. The summed E-state index contributed by atoms with van der Waals surface area (Å²) in [6.07, 6.45) is 0.413. The smallest absolute Gasteiger partial charge is 0.222 e. The lowest BCUT2D eigenvalue weighted by atomic mass is 10.0. The first kappa shape index (κ1) is 12.4. The van der Waals surface area contributed by atoms with E-state index in [1.165, 1.54) is 0 Å². The molecule has 0 aromatic rings. The van der Waals surface area contributed by atoms with Gasteiger partial charge in [-0.25, -0.2) is 0 Å². The number of nitrogens with one attached hydrogen (secondary N) is 1. The Bertz CT molecular complexity index is 164. The average molecular weight is 187 g/mol. The van der Waals surface area contributed by atoms with Crippen molar-refractivity contribution in [3.05, 3.63) is 0 Å². The molecule has 0 saturated carbocycles. The summed E-state index contributed by atoms with van der Waals surface area (Å²) in [5.74, 6) is 0.551. The summed E-state index contributed by atoms with van der Waals surface area (Å²) in [4.78, 5) is 11.3. The van der Waals surface area contributed by atoms with E-state index >= 15 is 0 Å². The predicted octanol–water partition coefficient (Wildman–Crippen LogP) is 1.57. The summed E-state index contributed by atoms with van der Waals surface area (Å²) < 4.78 is 5.15. The minimum atomic E-state index is -0.360. The molecular weight excluding hydrogens is 166 g/mol. The van der Waals surface area contributed by atoms with Crippen LogP contribution in [0, 0.1) is 5.92 Å². The van der Waals surface area contributed by atoms with Crippen molar-refractivity contribution >= 4 is 5.91 Å². The van der Waals surface area contributed by atoms with Gasteiger partial charge in [0.05, 0.1) is 12.0 Å². The molecule has 0 unspecified atom stereocenters. The number of carbonyl (C=O) groups excluding carboxylic acids is 1. The fraction of sp³-hybridized carbons (Fsp3) is 0.900. The molecule has 3 heteroatoms. The second kappa shape index (κ2) is 5.22. The fourth-order valence-corrected chi connectivity index (χ4v) is 0.839. The van der Waals surface area contributed by atoms with Gasteiger partial charge in [-0.15, -0.1) is 0 Å². The van der Waals surface area contributed by atoms with Crippen LogP contribution in [-0.2, 0) is 9.53 Å². The van der Waals surface area contributed by atoms with Crippen LogP contribution in [0.5, 0.6) is 0 Å². The van der Waals surface area contributed by atoms with E-state index in [9.17, 15) is 4.79 Å². The van der Waals surface area contributed by atoms with Crippen molar-refractivity contribution in [1.82, 2.24) is 5.32 Å². The molecule has 0 bridgehead atoms. The highest BCUT2D eigenvalue weighted by molar-refractivity contribution is 5.76. The Morgan fingerprint density at radius 1 is 1.46 bits per heavy atom. The molecule has 1 N–H and O–H groups in total. The van der Waals surface area contributed by atoms with E-state index in [4.69, 9.17) is 4.74 Å². The third-order valence-corrected chi connectivity index (χ3v) is 1.85.